The number of carboxylic acid groups (broad SMARTS) is 1. The average molecular weight is 272 g/mol. The summed E-state index contributed by atoms with van der Waals surface area (Å²) >= 11 is 3.22. The van der Waals surface area contributed by atoms with Crippen LogP contribution in [0, 0.1) is 0 Å². The quantitative estimate of drug-likeness (QED) is 0.879. The molecule has 80 valence electrons. The molecule has 1 amide bonds. The summed E-state index contributed by atoms with van der Waals surface area (Å²) in [5.74, 6) is -1.47. The molecule has 0 bridgehead atoms. The molecular weight excluding hydrogens is 262 g/mol. The monoisotopic (exact) mass is 271 g/mol. The van der Waals surface area contributed by atoms with Gasteiger partial charge in [0.15, 0.2) is 0 Å². The van der Waals surface area contributed by atoms with Crippen LogP contribution in [0.5, 0.6) is 0 Å². The molecule has 0 heterocycles. The standard InChI is InChI=1S/C10H10BrNO3/c1-6(10(14)15)12-9(13)7-4-2-3-5-8(7)11/h2-6H,1H3,(H,12,13)(H,14,15)/t6-/m1/s1. The fourth-order valence-corrected chi connectivity index (χ4v) is 1.45. The van der Waals surface area contributed by atoms with Crippen LogP contribution in [-0.2, 0) is 4.79 Å². The van der Waals surface area contributed by atoms with Gasteiger partial charge in [0.05, 0.1) is 5.56 Å². The van der Waals surface area contributed by atoms with E-state index < -0.39 is 17.9 Å². The summed E-state index contributed by atoms with van der Waals surface area (Å²) < 4.78 is 0.639. The zero-order valence-electron chi connectivity index (χ0n) is 8.03. The Bertz CT molecular complexity index is 392. The molecule has 0 aromatic heterocycles. The molecule has 1 rings (SSSR count). The molecule has 4 nitrogen and oxygen atoms in total. The lowest BCUT2D eigenvalue weighted by atomic mass is 10.2. The van der Waals surface area contributed by atoms with E-state index in [0.29, 0.717) is 10.0 Å². The first kappa shape index (κ1) is 11.7. The second-order valence-corrected chi connectivity index (χ2v) is 3.87. The maximum Gasteiger partial charge on any atom is 0.325 e. The van der Waals surface area contributed by atoms with Gasteiger partial charge < -0.3 is 10.4 Å². The summed E-state index contributed by atoms with van der Waals surface area (Å²) in [7, 11) is 0. The first-order chi connectivity index (χ1) is 7.02. The molecule has 1 atom stereocenters. The van der Waals surface area contributed by atoms with Crippen molar-refractivity contribution < 1.29 is 14.7 Å². The first-order valence-electron chi connectivity index (χ1n) is 4.30. The van der Waals surface area contributed by atoms with Crippen LogP contribution in [0.1, 0.15) is 17.3 Å². The number of aliphatic carboxylic acids is 1. The van der Waals surface area contributed by atoms with E-state index in [1.54, 1.807) is 24.3 Å². The van der Waals surface area contributed by atoms with Crippen LogP contribution in [0.15, 0.2) is 28.7 Å². The number of carboxylic acids is 1. The second kappa shape index (κ2) is 4.93. The number of halogens is 1. The van der Waals surface area contributed by atoms with E-state index in [1.807, 2.05) is 0 Å². The molecule has 5 heteroatoms. The van der Waals surface area contributed by atoms with Crippen LogP contribution >= 0.6 is 15.9 Å². The van der Waals surface area contributed by atoms with Crippen molar-refractivity contribution in [1.82, 2.24) is 5.32 Å². The molecule has 0 unspecified atom stereocenters. The van der Waals surface area contributed by atoms with Crippen LogP contribution in [0.25, 0.3) is 0 Å². The van der Waals surface area contributed by atoms with Crippen molar-refractivity contribution in [1.29, 1.82) is 0 Å². The molecular formula is C10H10BrNO3. The number of hydrogen-bond acceptors (Lipinski definition) is 2. The van der Waals surface area contributed by atoms with Crippen molar-refractivity contribution >= 4 is 27.8 Å². The number of carbonyl (C=O) groups excluding carboxylic acids is 1. The minimum absolute atomic E-state index is 0.405. The molecule has 1 aromatic carbocycles. The van der Waals surface area contributed by atoms with Gasteiger partial charge in [0.1, 0.15) is 6.04 Å². The van der Waals surface area contributed by atoms with Crippen molar-refractivity contribution in [2.45, 2.75) is 13.0 Å². The van der Waals surface area contributed by atoms with E-state index in [9.17, 15) is 9.59 Å². The third-order valence-electron chi connectivity index (χ3n) is 1.84. The largest absolute Gasteiger partial charge is 0.480 e. The summed E-state index contributed by atoms with van der Waals surface area (Å²) in [4.78, 5) is 22.1. The number of amides is 1. The van der Waals surface area contributed by atoms with E-state index in [0.717, 1.165) is 0 Å². The normalized spacial score (nSPS) is 11.9. The maximum absolute atomic E-state index is 11.6. The highest BCUT2D eigenvalue weighted by atomic mass is 79.9. The second-order valence-electron chi connectivity index (χ2n) is 3.01. The highest BCUT2D eigenvalue weighted by molar-refractivity contribution is 9.10. The topological polar surface area (TPSA) is 66.4 Å². The number of benzene rings is 1. The Morgan fingerprint density at radius 3 is 2.53 bits per heavy atom. The molecule has 15 heavy (non-hydrogen) atoms. The van der Waals surface area contributed by atoms with Gasteiger partial charge in [-0.25, -0.2) is 0 Å². The maximum atomic E-state index is 11.6. The zero-order valence-corrected chi connectivity index (χ0v) is 9.61. The van der Waals surface area contributed by atoms with Crippen molar-refractivity contribution in [3.05, 3.63) is 34.3 Å². The van der Waals surface area contributed by atoms with Gasteiger partial charge in [-0.05, 0) is 35.0 Å². The lowest BCUT2D eigenvalue weighted by Gasteiger charge is -2.09. The highest BCUT2D eigenvalue weighted by Crippen LogP contribution is 2.15. The minimum atomic E-state index is -1.06. The van der Waals surface area contributed by atoms with Gasteiger partial charge in [-0.15, -0.1) is 0 Å². The fourth-order valence-electron chi connectivity index (χ4n) is 0.981. The summed E-state index contributed by atoms with van der Waals surface area (Å²) in [6.07, 6.45) is 0. The molecule has 2 N–H and O–H groups in total. The van der Waals surface area contributed by atoms with Crippen molar-refractivity contribution in [2.24, 2.45) is 0 Å². The summed E-state index contributed by atoms with van der Waals surface area (Å²) in [6.45, 7) is 1.41. The SMILES string of the molecule is C[C@@H](NC(=O)c1ccccc1Br)C(=O)O. The van der Waals surface area contributed by atoms with E-state index in [2.05, 4.69) is 21.2 Å². The van der Waals surface area contributed by atoms with E-state index in [-0.39, 0.29) is 0 Å². The molecule has 1 aromatic rings. The van der Waals surface area contributed by atoms with Gasteiger partial charge in [0, 0.05) is 4.47 Å². The van der Waals surface area contributed by atoms with Crippen LogP contribution in [0.2, 0.25) is 0 Å². The predicted molar refractivity (Wildman–Crippen MR) is 58.7 cm³/mol. The van der Waals surface area contributed by atoms with E-state index in [1.165, 1.54) is 6.92 Å². The van der Waals surface area contributed by atoms with Crippen LogP contribution in [0.3, 0.4) is 0 Å². The van der Waals surface area contributed by atoms with Gasteiger partial charge in [0.2, 0.25) is 0 Å². The van der Waals surface area contributed by atoms with Crippen molar-refractivity contribution in [3.8, 4) is 0 Å². The number of rotatable bonds is 3. The predicted octanol–water partition coefficient (Wildman–Crippen LogP) is 1.65. The van der Waals surface area contributed by atoms with E-state index >= 15 is 0 Å². The van der Waals surface area contributed by atoms with Gasteiger partial charge >= 0.3 is 5.97 Å². The molecule has 0 saturated heterocycles. The summed E-state index contributed by atoms with van der Waals surface area (Å²) in [5.41, 5.74) is 0.422. The molecule has 0 radical (unpaired) electrons. The Kier molecular flexibility index (Phi) is 3.85. The summed E-state index contributed by atoms with van der Waals surface area (Å²) in [6, 6.07) is 5.94. The number of nitrogens with one attached hydrogen (secondary N) is 1. The number of carbonyl (C=O) groups is 2. The Morgan fingerprint density at radius 2 is 2.00 bits per heavy atom. The van der Waals surface area contributed by atoms with Gasteiger partial charge in [-0.2, -0.15) is 0 Å². The first-order valence-corrected chi connectivity index (χ1v) is 5.10. The van der Waals surface area contributed by atoms with Crippen molar-refractivity contribution in [2.75, 3.05) is 0 Å². The third-order valence-corrected chi connectivity index (χ3v) is 2.53. The lowest BCUT2D eigenvalue weighted by Crippen LogP contribution is -2.38. The Balaban J connectivity index is 2.78. The van der Waals surface area contributed by atoms with Crippen LogP contribution in [-0.4, -0.2) is 23.0 Å². The average Bonchev–Trinajstić information content (AvgIpc) is 2.18. The fraction of sp³-hybridized carbons (Fsp3) is 0.200. The Hall–Kier alpha value is -1.36. The molecule has 0 spiro atoms. The van der Waals surface area contributed by atoms with Gasteiger partial charge in [0.25, 0.3) is 5.91 Å². The molecule has 0 saturated carbocycles. The lowest BCUT2D eigenvalue weighted by molar-refractivity contribution is -0.138. The summed E-state index contributed by atoms with van der Waals surface area (Å²) in [5, 5.41) is 11.0. The Morgan fingerprint density at radius 1 is 1.40 bits per heavy atom. The minimum Gasteiger partial charge on any atom is -0.480 e. The highest BCUT2D eigenvalue weighted by Gasteiger charge is 2.16. The molecule has 0 fully saturated rings. The van der Waals surface area contributed by atoms with Crippen molar-refractivity contribution in [3.63, 3.8) is 0 Å². The number of hydrogen-bond donors (Lipinski definition) is 2. The third kappa shape index (κ3) is 3.06. The van der Waals surface area contributed by atoms with E-state index in [4.69, 9.17) is 5.11 Å². The molecule has 0 aliphatic rings. The smallest absolute Gasteiger partial charge is 0.325 e. The van der Waals surface area contributed by atoms with Crippen LogP contribution in [0.4, 0.5) is 0 Å². The molecule has 0 aliphatic heterocycles. The van der Waals surface area contributed by atoms with Gasteiger partial charge in [-0.1, -0.05) is 12.1 Å². The Labute approximate surface area is 95.4 Å². The zero-order chi connectivity index (χ0) is 11.4. The molecule has 0 aliphatic carbocycles. The van der Waals surface area contributed by atoms with Gasteiger partial charge in [-0.3, -0.25) is 9.59 Å². The van der Waals surface area contributed by atoms with Crippen LogP contribution < -0.4 is 5.32 Å².